The van der Waals surface area contributed by atoms with E-state index in [-0.39, 0.29) is 11.2 Å². The number of hydrogen-bond acceptors (Lipinski definition) is 6. The molecule has 1 unspecified atom stereocenters. The van der Waals surface area contributed by atoms with Crippen LogP contribution in [0.1, 0.15) is 12.5 Å². The Labute approximate surface area is 157 Å². The van der Waals surface area contributed by atoms with E-state index < -0.39 is 0 Å². The third-order valence-corrected chi connectivity index (χ3v) is 5.73. The summed E-state index contributed by atoms with van der Waals surface area (Å²) < 4.78 is 0. The molecule has 0 aliphatic carbocycles. The smallest absolute Gasteiger partial charge is 0.235 e. The van der Waals surface area contributed by atoms with Gasteiger partial charge in [-0.3, -0.25) is 4.79 Å². The molecule has 3 heterocycles. The Morgan fingerprint density at radius 3 is 2.54 bits per heavy atom. The predicted octanol–water partition coefficient (Wildman–Crippen LogP) is 2.53. The van der Waals surface area contributed by atoms with E-state index in [1.807, 2.05) is 36.1 Å². The van der Waals surface area contributed by atoms with Crippen LogP contribution in [0.4, 0.5) is 11.6 Å². The number of hydrogen-bond donors (Lipinski definition) is 0. The zero-order chi connectivity index (χ0) is 17.9. The van der Waals surface area contributed by atoms with Crippen molar-refractivity contribution in [3.05, 3.63) is 48.3 Å². The first-order valence-corrected chi connectivity index (χ1v) is 9.71. The number of benzene rings is 1. The predicted molar refractivity (Wildman–Crippen MR) is 105 cm³/mol. The van der Waals surface area contributed by atoms with E-state index in [4.69, 9.17) is 0 Å². The van der Waals surface area contributed by atoms with Crippen molar-refractivity contribution in [2.24, 2.45) is 4.99 Å². The van der Waals surface area contributed by atoms with Gasteiger partial charge in [-0.1, -0.05) is 30.0 Å². The molecule has 0 spiro atoms. The molecule has 2 aliphatic rings. The fourth-order valence-corrected chi connectivity index (χ4v) is 4.32. The molecule has 2 aliphatic heterocycles. The van der Waals surface area contributed by atoms with E-state index in [0.29, 0.717) is 13.1 Å². The average Bonchev–Trinajstić information content (AvgIpc) is 3.10. The molecule has 0 N–H and O–H groups in total. The maximum Gasteiger partial charge on any atom is 0.235 e. The molecule has 4 rings (SSSR count). The van der Waals surface area contributed by atoms with Gasteiger partial charge in [-0.15, -0.1) is 0 Å². The second kappa shape index (κ2) is 7.45. The van der Waals surface area contributed by atoms with E-state index in [9.17, 15) is 4.79 Å². The summed E-state index contributed by atoms with van der Waals surface area (Å²) in [5.41, 5.74) is 2.28. The highest BCUT2D eigenvalue weighted by molar-refractivity contribution is 8.15. The van der Waals surface area contributed by atoms with E-state index in [1.54, 1.807) is 24.2 Å². The largest absolute Gasteiger partial charge is 0.338 e. The van der Waals surface area contributed by atoms with E-state index >= 15 is 0 Å². The van der Waals surface area contributed by atoms with Crippen molar-refractivity contribution in [3.8, 4) is 0 Å². The first kappa shape index (κ1) is 17.0. The van der Waals surface area contributed by atoms with Crippen molar-refractivity contribution in [2.75, 3.05) is 31.1 Å². The summed E-state index contributed by atoms with van der Waals surface area (Å²) in [6.45, 7) is 4.91. The Kier molecular flexibility index (Phi) is 4.88. The van der Waals surface area contributed by atoms with Crippen LogP contribution in [0.3, 0.4) is 0 Å². The van der Waals surface area contributed by atoms with Gasteiger partial charge in [-0.05, 0) is 24.6 Å². The number of anilines is 1. The van der Waals surface area contributed by atoms with E-state index in [0.717, 1.165) is 36.2 Å². The molecule has 1 aromatic heterocycles. The van der Waals surface area contributed by atoms with Crippen molar-refractivity contribution < 1.29 is 4.79 Å². The highest BCUT2D eigenvalue weighted by Gasteiger charge is 2.28. The lowest BCUT2D eigenvalue weighted by atomic mass is 10.2. The number of para-hydroxylation sites is 1. The molecule has 1 amide bonds. The molecule has 0 radical (unpaired) electrons. The summed E-state index contributed by atoms with van der Waals surface area (Å²) in [6, 6.07) is 9.98. The highest BCUT2D eigenvalue weighted by atomic mass is 32.2. The van der Waals surface area contributed by atoms with Crippen LogP contribution in [0.2, 0.25) is 0 Å². The molecule has 1 aromatic carbocycles. The van der Waals surface area contributed by atoms with Crippen LogP contribution in [0.5, 0.6) is 0 Å². The van der Waals surface area contributed by atoms with Crippen molar-refractivity contribution in [2.45, 2.75) is 18.6 Å². The van der Waals surface area contributed by atoms with Gasteiger partial charge in [-0.2, -0.15) is 0 Å². The zero-order valence-electron chi connectivity index (χ0n) is 14.7. The summed E-state index contributed by atoms with van der Waals surface area (Å²) in [5, 5.41) is 0.908. The number of fused-ring (bicyclic) bond motifs is 1. The molecule has 0 bridgehead atoms. The zero-order valence-corrected chi connectivity index (χ0v) is 15.5. The molecule has 26 heavy (non-hydrogen) atoms. The number of aromatic nitrogens is 2. The fraction of sp³-hybridized carbons (Fsp3) is 0.368. The summed E-state index contributed by atoms with van der Waals surface area (Å²) in [5.74, 6) is 0.919. The number of thioether (sulfide) groups is 1. The Hall–Kier alpha value is -2.41. The number of piperazine rings is 1. The molecule has 1 saturated heterocycles. The van der Waals surface area contributed by atoms with Crippen molar-refractivity contribution in [3.63, 3.8) is 0 Å². The fourth-order valence-electron chi connectivity index (χ4n) is 3.27. The van der Waals surface area contributed by atoms with Gasteiger partial charge in [0.1, 0.15) is 0 Å². The molecule has 0 saturated carbocycles. The standard InChI is InChI=1S/C19H21N5OS/c1-14(26-17-13-15-5-2-3-6-16(15)22-17)18(25)23-9-11-24(12-10-23)19-20-7-4-8-21-19/h2-8,14H,9-13H2,1H3. The highest BCUT2D eigenvalue weighted by Crippen LogP contribution is 2.31. The summed E-state index contributed by atoms with van der Waals surface area (Å²) in [6.07, 6.45) is 4.33. The van der Waals surface area contributed by atoms with Gasteiger partial charge >= 0.3 is 0 Å². The van der Waals surface area contributed by atoms with Crippen LogP contribution >= 0.6 is 11.8 Å². The minimum absolute atomic E-state index is 0.123. The van der Waals surface area contributed by atoms with Crippen LogP contribution < -0.4 is 4.90 Å². The van der Waals surface area contributed by atoms with E-state index in [2.05, 4.69) is 25.9 Å². The molecule has 1 fully saturated rings. The Balaban J connectivity index is 1.31. The minimum atomic E-state index is -0.123. The summed E-state index contributed by atoms with van der Waals surface area (Å²) >= 11 is 1.58. The Bertz CT molecular complexity index is 818. The van der Waals surface area contributed by atoms with Gasteiger partial charge in [0.05, 0.1) is 16.0 Å². The number of aliphatic imine (C=N–C) groups is 1. The third-order valence-electron chi connectivity index (χ3n) is 4.67. The van der Waals surface area contributed by atoms with Crippen LogP contribution in [0.15, 0.2) is 47.7 Å². The van der Waals surface area contributed by atoms with Crippen LogP contribution in [0, 0.1) is 0 Å². The van der Waals surface area contributed by atoms with Crippen LogP contribution in [0.25, 0.3) is 0 Å². The molecule has 1 atom stereocenters. The Morgan fingerprint density at radius 1 is 1.08 bits per heavy atom. The van der Waals surface area contributed by atoms with Gasteiger partial charge in [0.25, 0.3) is 0 Å². The van der Waals surface area contributed by atoms with Crippen LogP contribution in [-0.2, 0) is 11.2 Å². The van der Waals surface area contributed by atoms with Gasteiger partial charge in [-0.25, -0.2) is 15.0 Å². The first-order chi connectivity index (χ1) is 12.7. The number of carbonyl (C=O) groups is 1. The van der Waals surface area contributed by atoms with Gasteiger partial charge in [0, 0.05) is 45.0 Å². The number of carbonyl (C=O) groups excluding carboxylic acids is 1. The normalized spacial score (nSPS) is 17.7. The molecular weight excluding hydrogens is 346 g/mol. The van der Waals surface area contributed by atoms with Crippen LogP contribution in [-0.4, -0.2) is 57.2 Å². The Morgan fingerprint density at radius 2 is 1.81 bits per heavy atom. The lowest BCUT2D eigenvalue weighted by molar-refractivity contribution is -0.130. The van der Waals surface area contributed by atoms with Crippen molar-refractivity contribution >= 4 is 34.3 Å². The first-order valence-electron chi connectivity index (χ1n) is 8.83. The summed E-state index contributed by atoms with van der Waals surface area (Å²) in [7, 11) is 0. The minimum Gasteiger partial charge on any atom is -0.338 e. The molecule has 2 aromatic rings. The van der Waals surface area contributed by atoms with Crippen molar-refractivity contribution in [1.82, 2.24) is 14.9 Å². The molecule has 134 valence electrons. The van der Waals surface area contributed by atoms with Gasteiger partial charge < -0.3 is 9.80 Å². The lowest BCUT2D eigenvalue weighted by Crippen LogP contribution is -2.51. The average molecular weight is 367 g/mol. The topological polar surface area (TPSA) is 61.7 Å². The second-order valence-electron chi connectivity index (χ2n) is 6.43. The van der Waals surface area contributed by atoms with Gasteiger partial charge in [0.2, 0.25) is 11.9 Å². The quantitative estimate of drug-likeness (QED) is 0.834. The second-order valence-corrected chi connectivity index (χ2v) is 7.85. The van der Waals surface area contributed by atoms with Gasteiger partial charge in [0.15, 0.2) is 0 Å². The lowest BCUT2D eigenvalue weighted by Gasteiger charge is -2.35. The maximum atomic E-state index is 12.8. The monoisotopic (exact) mass is 367 g/mol. The molecule has 7 heteroatoms. The maximum absolute atomic E-state index is 12.8. The summed E-state index contributed by atoms with van der Waals surface area (Å²) in [4.78, 5) is 30.1. The number of nitrogens with zero attached hydrogens (tertiary/aromatic N) is 5. The third kappa shape index (κ3) is 3.58. The van der Waals surface area contributed by atoms with Crippen molar-refractivity contribution in [1.29, 1.82) is 0 Å². The number of amides is 1. The molecule has 6 nitrogen and oxygen atoms in total. The number of rotatable bonds is 3. The van der Waals surface area contributed by atoms with E-state index in [1.165, 1.54) is 5.56 Å². The molecular formula is C19H21N5OS. The SMILES string of the molecule is CC(SC1=Nc2ccccc2C1)C(=O)N1CCN(c2ncccn2)CC1.